The Bertz CT molecular complexity index is 341. The summed E-state index contributed by atoms with van der Waals surface area (Å²) in [7, 11) is 1.80. The van der Waals surface area contributed by atoms with Crippen LogP contribution in [0.1, 0.15) is 18.4 Å². The summed E-state index contributed by atoms with van der Waals surface area (Å²) >= 11 is 0. The molecule has 100 valence electrons. The number of benzene rings is 1. The van der Waals surface area contributed by atoms with E-state index in [0.717, 1.165) is 12.0 Å². The lowest BCUT2D eigenvalue weighted by Gasteiger charge is -2.17. The lowest BCUT2D eigenvalue weighted by atomic mass is 10.2. The van der Waals surface area contributed by atoms with Crippen molar-refractivity contribution in [3.63, 3.8) is 0 Å². The van der Waals surface area contributed by atoms with Gasteiger partial charge in [0, 0.05) is 20.0 Å². The number of carbonyl (C=O) groups is 1. The van der Waals surface area contributed by atoms with Crippen LogP contribution in [0.25, 0.3) is 0 Å². The monoisotopic (exact) mass is 250 g/mol. The Morgan fingerprint density at radius 3 is 2.72 bits per heavy atom. The van der Waals surface area contributed by atoms with Crippen LogP contribution in [-0.2, 0) is 16.1 Å². The molecule has 0 bridgehead atoms. The minimum Gasteiger partial charge on any atom is -0.375 e. The highest BCUT2D eigenvalue weighted by Crippen LogP contribution is 2.00. The van der Waals surface area contributed by atoms with Gasteiger partial charge in [-0.3, -0.25) is 4.79 Å². The average Bonchev–Trinajstić information content (AvgIpc) is 2.41. The van der Waals surface area contributed by atoms with Crippen LogP contribution < -0.4 is 5.73 Å². The fourth-order valence-corrected chi connectivity index (χ4v) is 1.53. The van der Waals surface area contributed by atoms with Gasteiger partial charge in [-0.15, -0.1) is 0 Å². The summed E-state index contributed by atoms with van der Waals surface area (Å²) < 4.78 is 5.53. The Labute approximate surface area is 109 Å². The molecular weight excluding hydrogens is 228 g/mol. The van der Waals surface area contributed by atoms with Crippen molar-refractivity contribution < 1.29 is 9.53 Å². The van der Waals surface area contributed by atoms with E-state index in [1.54, 1.807) is 11.9 Å². The predicted molar refractivity (Wildman–Crippen MR) is 72.0 cm³/mol. The number of ether oxygens (including phenoxy) is 1. The van der Waals surface area contributed by atoms with Crippen molar-refractivity contribution in [1.82, 2.24) is 4.90 Å². The van der Waals surface area contributed by atoms with Gasteiger partial charge in [0.2, 0.25) is 5.91 Å². The van der Waals surface area contributed by atoms with Gasteiger partial charge >= 0.3 is 0 Å². The van der Waals surface area contributed by atoms with E-state index in [2.05, 4.69) is 0 Å². The topological polar surface area (TPSA) is 55.6 Å². The highest BCUT2D eigenvalue weighted by molar-refractivity contribution is 5.75. The van der Waals surface area contributed by atoms with E-state index in [1.165, 1.54) is 0 Å². The Hall–Kier alpha value is -1.39. The molecule has 0 fully saturated rings. The molecule has 1 amide bonds. The van der Waals surface area contributed by atoms with E-state index >= 15 is 0 Å². The van der Waals surface area contributed by atoms with Crippen molar-refractivity contribution in [3.05, 3.63) is 35.9 Å². The van der Waals surface area contributed by atoms with Gasteiger partial charge in [-0.1, -0.05) is 30.3 Å². The number of carbonyl (C=O) groups excluding carboxylic acids is 1. The normalized spacial score (nSPS) is 10.3. The van der Waals surface area contributed by atoms with E-state index in [-0.39, 0.29) is 5.91 Å². The zero-order chi connectivity index (χ0) is 13.2. The first-order valence-corrected chi connectivity index (χ1v) is 6.29. The van der Waals surface area contributed by atoms with Gasteiger partial charge in [0.15, 0.2) is 0 Å². The zero-order valence-corrected chi connectivity index (χ0v) is 11.0. The van der Waals surface area contributed by atoms with E-state index in [1.807, 2.05) is 30.3 Å². The first-order valence-electron chi connectivity index (χ1n) is 6.29. The van der Waals surface area contributed by atoms with Crippen LogP contribution >= 0.6 is 0 Å². The molecule has 1 rings (SSSR count). The fourth-order valence-electron chi connectivity index (χ4n) is 1.53. The standard InChI is InChI=1S/C14H22N2O2/c1-16(14(17)8-5-9-15)10-11-18-12-13-6-3-2-4-7-13/h2-4,6-7H,5,8-12,15H2,1H3. The van der Waals surface area contributed by atoms with E-state index in [9.17, 15) is 4.79 Å². The second-order valence-corrected chi connectivity index (χ2v) is 4.25. The van der Waals surface area contributed by atoms with Crippen LogP contribution in [0.4, 0.5) is 0 Å². The van der Waals surface area contributed by atoms with Crippen LogP contribution in [-0.4, -0.2) is 37.6 Å². The second-order valence-electron chi connectivity index (χ2n) is 4.25. The summed E-state index contributed by atoms with van der Waals surface area (Å²) in [5, 5.41) is 0. The third kappa shape index (κ3) is 5.80. The molecule has 0 aliphatic rings. The van der Waals surface area contributed by atoms with Gasteiger partial charge in [0.05, 0.1) is 13.2 Å². The molecule has 0 spiro atoms. The van der Waals surface area contributed by atoms with Gasteiger partial charge in [-0.25, -0.2) is 0 Å². The number of amides is 1. The number of rotatable bonds is 8. The SMILES string of the molecule is CN(CCOCc1ccccc1)C(=O)CCCN. The molecule has 1 aromatic carbocycles. The molecule has 0 aliphatic heterocycles. The molecule has 0 radical (unpaired) electrons. The minimum atomic E-state index is 0.128. The van der Waals surface area contributed by atoms with Gasteiger partial charge in [-0.2, -0.15) is 0 Å². The minimum absolute atomic E-state index is 0.128. The summed E-state index contributed by atoms with van der Waals surface area (Å²) in [6.45, 7) is 2.33. The summed E-state index contributed by atoms with van der Waals surface area (Å²) in [6.07, 6.45) is 1.26. The molecule has 0 aliphatic carbocycles. The molecule has 0 saturated carbocycles. The van der Waals surface area contributed by atoms with Crippen LogP contribution in [0.15, 0.2) is 30.3 Å². The van der Waals surface area contributed by atoms with Gasteiger partial charge in [0.25, 0.3) is 0 Å². The van der Waals surface area contributed by atoms with Crippen molar-refractivity contribution >= 4 is 5.91 Å². The van der Waals surface area contributed by atoms with E-state index < -0.39 is 0 Å². The number of likely N-dealkylation sites (N-methyl/N-ethyl adjacent to an activating group) is 1. The Morgan fingerprint density at radius 2 is 2.06 bits per heavy atom. The van der Waals surface area contributed by atoms with Gasteiger partial charge in [-0.05, 0) is 18.5 Å². The van der Waals surface area contributed by atoms with E-state index in [4.69, 9.17) is 10.5 Å². The van der Waals surface area contributed by atoms with Gasteiger partial charge in [0.1, 0.15) is 0 Å². The van der Waals surface area contributed by atoms with Crippen LogP contribution in [0.3, 0.4) is 0 Å². The van der Waals surface area contributed by atoms with Crippen LogP contribution in [0.2, 0.25) is 0 Å². The van der Waals surface area contributed by atoms with E-state index in [0.29, 0.717) is 32.7 Å². The first-order chi connectivity index (χ1) is 8.74. The van der Waals surface area contributed by atoms with Crippen molar-refractivity contribution in [2.45, 2.75) is 19.4 Å². The quantitative estimate of drug-likeness (QED) is 0.710. The maximum atomic E-state index is 11.6. The summed E-state index contributed by atoms with van der Waals surface area (Å²) in [5.74, 6) is 0.128. The molecule has 2 N–H and O–H groups in total. The average molecular weight is 250 g/mol. The van der Waals surface area contributed by atoms with Crippen LogP contribution in [0.5, 0.6) is 0 Å². The number of hydrogen-bond acceptors (Lipinski definition) is 3. The first kappa shape index (κ1) is 14.7. The molecule has 1 aromatic rings. The molecule has 0 aromatic heterocycles. The number of nitrogens with two attached hydrogens (primary N) is 1. The molecule has 0 heterocycles. The van der Waals surface area contributed by atoms with Crippen molar-refractivity contribution in [3.8, 4) is 0 Å². The summed E-state index contributed by atoms with van der Waals surface area (Å²) in [4.78, 5) is 13.3. The number of hydrogen-bond donors (Lipinski definition) is 1. The maximum Gasteiger partial charge on any atom is 0.222 e. The van der Waals surface area contributed by atoms with Crippen molar-refractivity contribution in [2.75, 3.05) is 26.7 Å². The maximum absolute atomic E-state index is 11.6. The molecule has 4 heteroatoms. The molecular formula is C14H22N2O2. The lowest BCUT2D eigenvalue weighted by molar-refractivity contribution is -0.130. The Kier molecular flexibility index (Phi) is 7.06. The Balaban J connectivity index is 2.12. The highest BCUT2D eigenvalue weighted by Gasteiger charge is 2.07. The smallest absolute Gasteiger partial charge is 0.222 e. The molecule has 18 heavy (non-hydrogen) atoms. The summed E-state index contributed by atoms with van der Waals surface area (Å²) in [6, 6.07) is 10.0. The highest BCUT2D eigenvalue weighted by atomic mass is 16.5. The third-order valence-electron chi connectivity index (χ3n) is 2.70. The number of nitrogens with zero attached hydrogens (tertiary/aromatic N) is 1. The third-order valence-corrected chi connectivity index (χ3v) is 2.70. The largest absolute Gasteiger partial charge is 0.375 e. The predicted octanol–water partition coefficient (Wildman–Crippen LogP) is 1.40. The van der Waals surface area contributed by atoms with Crippen LogP contribution in [0, 0.1) is 0 Å². The molecule has 0 atom stereocenters. The second kappa shape index (κ2) is 8.66. The summed E-state index contributed by atoms with van der Waals surface area (Å²) in [5.41, 5.74) is 6.52. The Morgan fingerprint density at radius 1 is 1.33 bits per heavy atom. The lowest BCUT2D eigenvalue weighted by Crippen LogP contribution is -2.30. The zero-order valence-electron chi connectivity index (χ0n) is 11.0. The van der Waals surface area contributed by atoms with Gasteiger partial charge < -0.3 is 15.4 Å². The van der Waals surface area contributed by atoms with Crippen molar-refractivity contribution in [2.24, 2.45) is 5.73 Å². The fraction of sp³-hybridized carbons (Fsp3) is 0.500. The molecule has 0 unspecified atom stereocenters. The van der Waals surface area contributed by atoms with Crippen molar-refractivity contribution in [1.29, 1.82) is 0 Å². The molecule has 4 nitrogen and oxygen atoms in total. The molecule has 0 saturated heterocycles.